The number of hydrogen-bond acceptors (Lipinski definition) is 4. The van der Waals surface area contributed by atoms with Gasteiger partial charge in [-0.05, 0) is 30.5 Å². The fraction of sp³-hybridized carbons (Fsp3) is 0.565. The summed E-state index contributed by atoms with van der Waals surface area (Å²) in [6, 6.07) is 7.00. The Morgan fingerprint density at radius 2 is 1.63 bits per heavy atom. The molecule has 0 saturated heterocycles. The molecule has 4 heteroatoms. The van der Waals surface area contributed by atoms with Gasteiger partial charge in [0.15, 0.2) is 0 Å². The first-order valence-electron chi connectivity index (χ1n) is 10.2. The minimum absolute atomic E-state index is 0.266. The molecule has 0 aliphatic carbocycles. The second kappa shape index (κ2) is 15.0. The van der Waals surface area contributed by atoms with E-state index >= 15 is 0 Å². The SMILES string of the molecule is C=C(CCCC(=O)Oc1ccc(CC=O)cc1)OCCCCCCCCC. The van der Waals surface area contributed by atoms with E-state index in [2.05, 4.69) is 13.5 Å². The summed E-state index contributed by atoms with van der Waals surface area (Å²) in [5.41, 5.74) is 0.902. The third-order valence-electron chi connectivity index (χ3n) is 4.36. The molecule has 0 N–H and O–H groups in total. The number of esters is 1. The predicted octanol–water partition coefficient (Wildman–Crippen LogP) is 5.78. The number of carbonyl (C=O) groups excluding carboxylic acids is 2. The second-order valence-corrected chi connectivity index (χ2v) is 6.85. The number of aldehydes is 1. The lowest BCUT2D eigenvalue weighted by Crippen LogP contribution is -2.08. The topological polar surface area (TPSA) is 52.6 Å². The Morgan fingerprint density at radius 1 is 0.963 bits per heavy atom. The van der Waals surface area contributed by atoms with Crippen molar-refractivity contribution in [1.29, 1.82) is 0 Å². The number of unbranched alkanes of at least 4 members (excludes halogenated alkanes) is 6. The highest BCUT2D eigenvalue weighted by atomic mass is 16.5. The Balaban J connectivity index is 2.04. The molecule has 0 bridgehead atoms. The van der Waals surface area contributed by atoms with Crippen LogP contribution in [-0.2, 0) is 20.7 Å². The van der Waals surface area contributed by atoms with Gasteiger partial charge in [0.25, 0.3) is 0 Å². The van der Waals surface area contributed by atoms with E-state index in [-0.39, 0.29) is 5.97 Å². The van der Waals surface area contributed by atoms with Crippen molar-refractivity contribution in [3.8, 4) is 5.75 Å². The lowest BCUT2D eigenvalue weighted by Gasteiger charge is -2.09. The van der Waals surface area contributed by atoms with Gasteiger partial charge in [0.1, 0.15) is 12.0 Å². The smallest absolute Gasteiger partial charge is 0.311 e. The highest BCUT2D eigenvalue weighted by molar-refractivity contribution is 5.72. The van der Waals surface area contributed by atoms with E-state index in [4.69, 9.17) is 9.47 Å². The van der Waals surface area contributed by atoms with Crippen molar-refractivity contribution in [3.05, 3.63) is 42.2 Å². The van der Waals surface area contributed by atoms with Crippen LogP contribution in [0.1, 0.15) is 76.7 Å². The molecule has 0 heterocycles. The zero-order valence-corrected chi connectivity index (χ0v) is 16.7. The predicted molar refractivity (Wildman–Crippen MR) is 109 cm³/mol. The number of rotatable bonds is 16. The summed E-state index contributed by atoms with van der Waals surface area (Å²) < 4.78 is 10.9. The maximum Gasteiger partial charge on any atom is 0.311 e. The summed E-state index contributed by atoms with van der Waals surface area (Å²) in [4.78, 5) is 22.3. The average Bonchev–Trinajstić information content (AvgIpc) is 2.66. The van der Waals surface area contributed by atoms with Crippen molar-refractivity contribution in [2.24, 2.45) is 0 Å². The van der Waals surface area contributed by atoms with E-state index < -0.39 is 0 Å². The molecule has 0 saturated carbocycles. The molecule has 0 atom stereocenters. The van der Waals surface area contributed by atoms with Crippen molar-refractivity contribution < 1.29 is 19.1 Å². The molecule has 0 amide bonds. The van der Waals surface area contributed by atoms with Gasteiger partial charge in [-0.15, -0.1) is 0 Å². The normalized spacial score (nSPS) is 10.4. The van der Waals surface area contributed by atoms with Crippen molar-refractivity contribution in [2.45, 2.75) is 77.6 Å². The van der Waals surface area contributed by atoms with Gasteiger partial charge in [-0.3, -0.25) is 4.79 Å². The van der Waals surface area contributed by atoms with Gasteiger partial charge in [-0.1, -0.05) is 64.2 Å². The molecular formula is C23H34O4. The third-order valence-corrected chi connectivity index (χ3v) is 4.36. The largest absolute Gasteiger partial charge is 0.499 e. The van der Waals surface area contributed by atoms with Crippen molar-refractivity contribution >= 4 is 12.3 Å². The Bertz CT molecular complexity index is 548. The highest BCUT2D eigenvalue weighted by Gasteiger charge is 2.06. The van der Waals surface area contributed by atoms with Gasteiger partial charge >= 0.3 is 5.97 Å². The average molecular weight is 375 g/mol. The molecule has 0 radical (unpaired) electrons. The van der Waals surface area contributed by atoms with E-state index in [1.807, 2.05) is 0 Å². The van der Waals surface area contributed by atoms with Crippen molar-refractivity contribution in [3.63, 3.8) is 0 Å². The van der Waals surface area contributed by atoms with Crippen LogP contribution in [0.4, 0.5) is 0 Å². The lowest BCUT2D eigenvalue weighted by molar-refractivity contribution is -0.134. The molecule has 27 heavy (non-hydrogen) atoms. The van der Waals surface area contributed by atoms with Gasteiger partial charge in [0.2, 0.25) is 0 Å². The van der Waals surface area contributed by atoms with Crippen LogP contribution in [-0.4, -0.2) is 18.9 Å². The second-order valence-electron chi connectivity index (χ2n) is 6.85. The molecule has 0 spiro atoms. The molecule has 0 aliphatic heterocycles. The van der Waals surface area contributed by atoms with E-state index in [0.717, 1.165) is 24.0 Å². The highest BCUT2D eigenvalue weighted by Crippen LogP contribution is 2.15. The van der Waals surface area contributed by atoms with Crippen molar-refractivity contribution in [1.82, 2.24) is 0 Å². The molecule has 1 aromatic rings. The number of hydrogen-bond donors (Lipinski definition) is 0. The monoisotopic (exact) mass is 374 g/mol. The molecule has 150 valence electrons. The summed E-state index contributed by atoms with van der Waals surface area (Å²) in [5.74, 6) is 0.980. The first-order valence-corrected chi connectivity index (χ1v) is 10.2. The Hall–Kier alpha value is -2.10. The van der Waals surface area contributed by atoms with Crippen LogP contribution in [0.3, 0.4) is 0 Å². The molecule has 0 unspecified atom stereocenters. The molecule has 4 nitrogen and oxygen atoms in total. The maximum absolute atomic E-state index is 11.9. The van der Waals surface area contributed by atoms with Crippen LogP contribution in [0.25, 0.3) is 0 Å². The molecule has 1 rings (SSSR count). The zero-order valence-electron chi connectivity index (χ0n) is 16.7. The molecule has 0 aromatic heterocycles. The van der Waals surface area contributed by atoms with Gasteiger partial charge in [0, 0.05) is 19.3 Å². The van der Waals surface area contributed by atoms with Crippen LogP contribution in [0.5, 0.6) is 5.75 Å². The number of carbonyl (C=O) groups is 2. The van der Waals surface area contributed by atoms with Gasteiger partial charge in [-0.2, -0.15) is 0 Å². The third kappa shape index (κ3) is 12.0. The Kier molecular flexibility index (Phi) is 12.7. The molecule has 1 aromatic carbocycles. The van der Waals surface area contributed by atoms with Gasteiger partial charge in [0.05, 0.1) is 12.4 Å². The summed E-state index contributed by atoms with van der Waals surface area (Å²) in [6.07, 6.45) is 11.7. The number of allylic oxidation sites excluding steroid dienone is 1. The fourth-order valence-electron chi connectivity index (χ4n) is 2.75. The van der Waals surface area contributed by atoms with Crippen LogP contribution in [0.15, 0.2) is 36.6 Å². The van der Waals surface area contributed by atoms with E-state index in [0.29, 0.717) is 38.0 Å². The van der Waals surface area contributed by atoms with Crippen molar-refractivity contribution in [2.75, 3.05) is 6.61 Å². The Labute approximate surface area is 163 Å². The summed E-state index contributed by atoms with van der Waals surface area (Å²) in [5, 5.41) is 0. The number of benzene rings is 1. The van der Waals surface area contributed by atoms with Crippen LogP contribution in [0.2, 0.25) is 0 Å². The lowest BCUT2D eigenvalue weighted by atomic mass is 10.1. The fourth-order valence-corrected chi connectivity index (χ4v) is 2.75. The minimum atomic E-state index is -0.266. The zero-order chi connectivity index (χ0) is 19.7. The Morgan fingerprint density at radius 3 is 2.30 bits per heavy atom. The standard InChI is InChI=1S/C23H34O4/c1-3-4-5-6-7-8-9-19-26-20(2)11-10-12-23(25)27-22-15-13-21(14-16-22)17-18-24/h13-16,18H,2-12,17,19H2,1H3. The summed E-state index contributed by atoms with van der Waals surface area (Å²) in [7, 11) is 0. The van der Waals surface area contributed by atoms with E-state index in [9.17, 15) is 9.59 Å². The molecule has 0 aliphatic rings. The van der Waals surface area contributed by atoms with Gasteiger partial charge < -0.3 is 14.3 Å². The maximum atomic E-state index is 11.9. The molecule has 0 fully saturated rings. The molecular weight excluding hydrogens is 340 g/mol. The van der Waals surface area contributed by atoms with Gasteiger partial charge in [-0.25, -0.2) is 0 Å². The van der Waals surface area contributed by atoms with Crippen LogP contribution in [0, 0.1) is 0 Å². The first-order chi connectivity index (χ1) is 13.2. The quantitative estimate of drug-likeness (QED) is 0.121. The first kappa shape index (κ1) is 22.9. The van der Waals surface area contributed by atoms with Crippen LogP contribution < -0.4 is 4.74 Å². The summed E-state index contributed by atoms with van der Waals surface area (Å²) >= 11 is 0. The minimum Gasteiger partial charge on any atom is -0.499 e. The van der Waals surface area contributed by atoms with E-state index in [1.165, 1.54) is 38.5 Å². The summed E-state index contributed by atoms with van der Waals surface area (Å²) in [6.45, 7) is 6.86. The van der Waals surface area contributed by atoms with Crippen LogP contribution >= 0.6 is 0 Å². The van der Waals surface area contributed by atoms with E-state index in [1.54, 1.807) is 24.3 Å². The number of ether oxygens (including phenoxy) is 2.